The molecule has 0 bridgehead atoms. The summed E-state index contributed by atoms with van der Waals surface area (Å²) in [5.41, 5.74) is 2.70. The Morgan fingerprint density at radius 1 is 1.32 bits per heavy atom. The summed E-state index contributed by atoms with van der Waals surface area (Å²) in [6.07, 6.45) is 8.22. The van der Waals surface area contributed by atoms with Gasteiger partial charge in [-0.25, -0.2) is 19.3 Å². The molecule has 1 aliphatic rings. The number of carbonyl (C=O) groups is 1. The van der Waals surface area contributed by atoms with Crippen LogP contribution in [0, 0.1) is 17.2 Å². The van der Waals surface area contributed by atoms with E-state index in [0.717, 1.165) is 25.7 Å². The Morgan fingerprint density at radius 2 is 2.15 bits per heavy atom. The van der Waals surface area contributed by atoms with Crippen molar-refractivity contribution in [3.8, 4) is 17.5 Å². The number of hydrogen-bond donors (Lipinski definition) is 1. The van der Waals surface area contributed by atoms with Gasteiger partial charge in [-0.3, -0.25) is 9.36 Å². The maximum absolute atomic E-state index is 13.0. The number of nitrogens with zero attached hydrogens (tertiary/aromatic N) is 7. The molecule has 5 rings (SSSR count). The number of aromatic nitrogens is 6. The van der Waals surface area contributed by atoms with Crippen LogP contribution in [-0.4, -0.2) is 53.0 Å². The number of likely N-dealkylation sites (tertiary alicyclic amines) is 1. The zero-order chi connectivity index (χ0) is 23.8. The van der Waals surface area contributed by atoms with Crippen molar-refractivity contribution in [3.63, 3.8) is 0 Å². The third kappa shape index (κ3) is 3.63. The van der Waals surface area contributed by atoms with Crippen LogP contribution in [0.2, 0.25) is 0 Å². The number of carbonyl (C=O) groups excluding carboxylic acids is 1. The molecule has 1 fully saturated rings. The van der Waals surface area contributed by atoms with Crippen LogP contribution in [0.4, 0.5) is 0 Å². The molecule has 0 aromatic carbocycles. The van der Waals surface area contributed by atoms with Crippen molar-refractivity contribution in [1.82, 2.24) is 34.0 Å². The smallest absolute Gasteiger partial charge is 0.328 e. The fraction of sp³-hybridized carbons (Fsp3) is 0.417. The summed E-state index contributed by atoms with van der Waals surface area (Å²) in [6.45, 7) is 5.28. The third-order valence-corrected chi connectivity index (χ3v) is 6.76. The van der Waals surface area contributed by atoms with E-state index in [4.69, 9.17) is 4.98 Å². The highest BCUT2D eigenvalue weighted by molar-refractivity contribution is 5.80. The predicted octanol–water partition coefficient (Wildman–Crippen LogP) is 2.91. The van der Waals surface area contributed by atoms with E-state index in [0.29, 0.717) is 46.7 Å². The lowest BCUT2D eigenvalue weighted by atomic mass is 9.98. The molecule has 0 saturated carbocycles. The van der Waals surface area contributed by atoms with Crippen LogP contribution in [0.5, 0.6) is 0 Å². The molecule has 4 aromatic heterocycles. The van der Waals surface area contributed by atoms with Gasteiger partial charge < -0.3 is 9.88 Å². The summed E-state index contributed by atoms with van der Waals surface area (Å²) in [6, 6.07) is 5.40. The number of fused-ring (bicyclic) bond motifs is 2. The van der Waals surface area contributed by atoms with Gasteiger partial charge in [0.15, 0.2) is 11.5 Å². The monoisotopic (exact) mass is 458 g/mol. The second kappa shape index (κ2) is 8.74. The van der Waals surface area contributed by atoms with E-state index < -0.39 is 0 Å². The van der Waals surface area contributed by atoms with Gasteiger partial charge in [-0.1, -0.05) is 13.8 Å². The van der Waals surface area contributed by atoms with Gasteiger partial charge in [0.2, 0.25) is 5.91 Å². The van der Waals surface area contributed by atoms with Crippen LogP contribution in [0.3, 0.4) is 0 Å². The van der Waals surface area contributed by atoms with Crippen molar-refractivity contribution in [2.24, 2.45) is 5.92 Å². The van der Waals surface area contributed by atoms with Crippen molar-refractivity contribution < 1.29 is 4.79 Å². The van der Waals surface area contributed by atoms with E-state index in [1.54, 1.807) is 39.8 Å². The summed E-state index contributed by atoms with van der Waals surface area (Å²) >= 11 is 0. The number of nitrogens with one attached hydrogen (secondary N) is 1. The Balaban J connectivity index is 1.54. The molecule has 174 valence electrons. The Hall–Kier alpha value is -4.00. The lowest BCUT2D eigenvalue weighted by molar-refractivity contribution is -0.137. The molecule has 10 nitrogen and oxygen atoms in total. The van der Waals surface area contributed by atoms with Crippen LogP contribution in [0.25, 0.3) is 28.1 Å². The molecule has 0 aliphatic carbocycles. The van der Waals surface area contributed by atoms with Gasteiger partial charge in [0.25, 0.3) is 0 Å². The van der Waals surface area contributed by atoms with Crippen molar-refractivity contribution in [2.75, 3.05) is 13.1 Å². The first kappa shape index (κ1) is 21.8. The predicted molar refractivity (Wildman–Crippen MR) is 126 cm³/mol. The lowest BCUT2D eigenvalue weighted by Gasteiger charge is -2.35. The quantitative estimate of drug-likeness (QED) is 0.490. The van der Waals surface area contributed by atoms with Crippen LogP contribution < -0.4 is 5.69 Å². The molecule has 0 radical (unpaired) electrons. The van der Waals surface area contributed by atoms with E-state index >= 15 is 0 Å². The van der Waals surface area contributed by atoms with E-state index in [2.05, 4.69) is 21.1 Å². The summed E-state index contributed by atoms with van der Waals surface area (Å²) in [7, 11) is 0. The highest BCUT2D eigenvalue weighted by atomic mass is 16.2. The number of piperidine rings is 1. The molecule has 10 heteroatoms. The first-order valence-corrected chi connectivity index (χ1v) is 11.7. The van der Waals surface area contributed by atoms with Crippen molar-refractivity contribution in [3.05, 3.63) is 46.8 Å². The fourth-order valence-corrected chi connectivity index (χ4v) is 4.87. The normalized spacial score (nSPS) is 16.4. The van der Waals surface area contributed by atoms with Gasteiger partial charge in [0.05, 0.1) is 41.1 Å². The van der Waals surface area contributed by atoms with Crippen LogP contribution in [-0.2, 0) is 4.79 Å². The summed E-state index contributed by atoms with van der Waals surface area (Å²) < 4.78 is 3.33. The minimum absolute atomic E-state index is 0.0151. The molecule has 4 aromatic rings. The minimum Gasteiger partial charge on any atom is -0.340 e. The second-order valence-corrected chi connectivity index (χ2v) is 8.74. The first-order valence-electron chi connectivity index (χ1n) is 11.7. The number of rotatable bonds is 5. The molecule has 0 unspecified atom stereocenters. The maximum atomic E-state index is 13.0. The Bertz CT molecular complexity index is 1470. The molecular weight excluding hydrogens is 432 g/mol. The van der Waals surface area contributed by atoms with Crippen LogP contribution in [0.1, 0.15) is 51.1 Å². The maximum Gasteiger partial charge on any atom is 0.328 e. The molecule has 0 spiro atoms. The molecule has 34 heavy (non-hydrogen) atoms. The number of nitriles is 1. The van der Waals surface area contributed by atoms with Gasteiger partial charge in [-0.05, 0) is 37.8 Å². The van der Waals surface area contributed by atoms with E-state index in [1.165, 1.54) is 0 Å². The Morgan fingerprint density at radius 3 is 2.91 bits per heavy atom. The molecule has 1 atom stereocenters. The largest absolute Gasteiger partial charge is 0.340 e. The molecular formula is C24H26N8O2. The van der Waals surface area contributed by atoms with Gasteiger partial charge in [0, 0.05) is 25.2 Å². The van der Waals surface area contributed by atoms with Crippen molar-refractivity contribution in [2.45, 2.75) is 45.6 Å². The van der Waals surface area contributed by atoms with Crippen LogP contribution in [0.15, 0.2) is 35.5 Å². The molecule has 1 aliphatic heterocycles. The summed E-state index contributed by atoms with van der Waals surface area (Å²) in [5, 5.41) is 13.6. The first-order chi connectivity index (χ1) is 16.5. The number of hydrogen-bond acceptors (Lipinski definition) is 6. The molecule has 5 heterocycles. The SMILES string of the molecule is CCC(CC)C(=O)N1CCC[C@H](n2c(=O)[nH]c3cnc(-c4cnn5ccc(C#N)cc45)nc32)C1. The van der Waals surface area contributed by atoms with Gasteiger partial charge in [-0.2, -0.15) is 10.4 Å². The average molecular weight is 459 g/mol. The standard InChI is InChI=1S/C24H26N8O2/c1-3-16(4-2)23(33)30-8-5-6-17(14-30)32-22-19(28-24(32)34)13-26-21(29-22)18-12-27-31-9-7-15(11-25)10-20(18)31/h7,9-10,12-13,16-17H,3-6,8,14H2,1-2H3,(H,28,34)/t17-/m0/s1. The average Bonchev–Trinajstić information content (AvgIpc) is 3.43. The van der Waals surface area contributed by atoms with Crippen molar-refractivity contribution in [1.29, 1.82) is 5.26 Å². The topological polar surface area (TPSA) is 125 Å². The fourth-order valence-electron chi connectivity index (χ4n) is 4.87. The Labute approximate surface area is 195 Å². The molecule has 1 N–H and O–H groups in total. The highest BCUT2D eigenvalue weighted by Crippen LogP contribution is 2.27. The molecule has 1 saturated heterocycles. The van der Waals surface area contributed by atoms with Gasteiger partial charge in [0.1, 0.15) is 5.52 Å². The Kier molecular flexibility index (Phi) is 5.61. The number of amides is 1. The third-order valence-electron chi connectivity index (χ3n) is 6.76. The highest BCUT2D eigenvalue weighted by Gasteiger charge is 2.30. The molecule has 1 amide bonds. The second-order valence-electron chi connectivity index (χ2n) is 8.74. The van der Waals surface area contributed by atoms with Gasteiger partial charge >= 0.3 is 5.69 Å². The van der Waals surface area contributed by atoms with E-state index in [1.807, 2.05) is 18.7 Å². The number of pyridine rings is 1. The van der Waals surface area contributed by atoms with E-state index in [-0.39, 0.29) is 23.6 Å². The summed E-state index contributed by atoms with van der Waals surface area (Å²) in [4.78, 5) is 39.9. The number of aromatic amines is 1. The van der Waals surface area contributed by atoms with Crippen molar-refractivity contribution >= 4 is 22.6 Å². The van der Waals surface area contributed by atoms with Crippen LogP contribution >= 0.6 is 0 Å². The number of imidazole rings is 1. The summed E-state index contributed by atoms with van der Waals surface area (Å²) in [5.74, 6) is 0.602. The zero-order valence-electron chi connectivity index (χ0n) is 19.2. The lowest BCUT2D eigenvalue weighted by Crippen LogP contribution is -2.44. The number of H-pyrrole nitrogens is 1. The van der Waals surface area contributed by atoms with Gasteiger partial charge in [-0.15, -0.1) is 0 Å². The van der Waals surface area contributed by atoms with E-state index in [9.17, 15) is 14.9 Å². The minimum atomic E-state index is -0.255. The zero-order valence-corrected chi connectivity index (χ0v) is 19.2.